The number of nitrogens with zero attached hydrogens (tertiary/aromatic N) is 2. The lowest BCUT2D eigenvalue weighted by molar-refractivity contribution is -0.117. The minimum absolute atomic E-state index is 0.0543. The summed E-state index contributed by atoms with van der Waals surface area (Å²) in [5, 5.41) is 6.75. The van der Waals surface area contributed by atoms with Gasteiger partial charge in [0.1, 0.15) is 22.4 Å². The van der Waals surface area contributed by atoms with Gasteiger partial charge in [0.15, 0.2) is 0 Å². The highest BCUT2D eigenvalue weighted by Gasteiger charge is 2.17. The van der Waals surface area contributed by atoms with Crippen molar-refractivity contribution in [2.24, 2.45) is 0 Å². The van der Waals surface area contributed by atoms with Gasteiger partial charge in [-0.05, 0) is 25.6 Å². The first kappa shape index (κ1) is 19.7. The first-order chi connectivity index (χ1) is 13.0. The number of rotatable bonds is 8. The molecule has 0 aliphatic heterocycles. The van der Waals surface area contributed by atoms with Gasteiger partial charge >= 0.3 is 0 Å². The molecule has 0 spiro atoms. The molecular weight excluding hydrogens is 388 g/mol. The molecule has 0 radical (unpaired) electrons. The van der Waals surface area contributed by atoms with Crippen molar-refractivity contribution < 1.29 is 13.6 Å². The molecule has 0 fully saturated rings. The highest BCUT2D eigenvalue weighted by molar-refractivity contribution is 7.16. The number of carbonyl (C=O) groups is 1. The van der Waals surface area contributed by atoms with E-state index in [1.54, 1.807) is 11.3 Å². The van der Waals surface area contributed by atoms with Crippen LogP contribution in [0, 0.1) is 18.6 Å². The highest BCUT2D eigenvalue weighted by Crippen LogP contribution is 2.31. The molecular formula is C19H19F2N3OS2. The van der Waals surface area contributed by atoms with Gasteiger partial charge in [-0.25, -0.2) is 18.7 Å². The zero-order valence-electron chi connectivity index (χ0n) is 15.0. The van der Waals surface area contributed by atoms with Gasteiger partial charge in [0, 0.05) is 23.9 Å². The van der Waals surface area contributed by atoms with Crippen molar-refractivity contribution in [1.29, 1.82) is 0 Å². The molecule has 4 nitrogen and oxygen atoms in total. The zero-order valence-corrected chi connectivity index (χ0v) is 16.6. The minimum Gasteiger partial charge on any atom is -0.311 e. The predicted molar refractivity (Wildman–Crippen MR) is 104 cm³/mol. The summed E-state index contributed by atoms with van der Waals surface area (Å²) in [6.45, 7) is 5.49. The minimum atomic E-state index is -0.698. The number of carbonyl (C=O) groups excluding carboxylic acids is 1. The van der Waals surface area contributed by atoms with Crippen LogP contribution in [0.25, 0.3) is 10.6 Å². The molecule has 1 N–H and O–H groups in total. The number of thiazole rings is 2. The zero-order chi connectivity index (χ0) is 19.4. The monoisotopic (exact) mass is 407 g/mol. The number of Topliss-reactive ketones (excluding diaryl/α,β-unsaturated/α-hetero) is 1. The molecule has 3 rings (SSSR count). The predicted octanol–water partition coefficient (Wildman–Crippen LogP) is 4.32. The number of halogens is 2. The van der Waals surface area contributed by atoms with Crippen LogP contribution >= 0.6 is 22.7 Å². The number of ketones is 1. The molecule has 0 amide bonds. The first-order valence-electron chi connectivity index (χ1n) is 8.54. The van der Waals surface area contributed by atoms with Crippen LogP contribution in [-0.4, -0.2) is 22.3 Å². The van der Waals surface area contributed by atoms with E-state index in [-0.39, 0.29) is 24.2 Å². The first-order valence-corrected chi connectivity index (χ1v) is 10.2. The van der Waals surface area contributed by atoms with Crippen LogP contribution in [0.15, 0.2) is 23.6 Å². The fourth-order valence-corrected chi connectivity index (χ4v) is 4.44. The third kappa shape index (κ3) is 4.82. The van der Waals surface area contributed by atoms with Gasteiger partial charge in [0.25, 0.3) is 0 Å². The summed E-state index contributed by atoms with van der Waals surface area (Å²) in [5.41, 5.74) is 1.54. The van der Waals surface area contributed by atoms with Gasteiger partial charge < -0.3 is 5.32 Å². The van der Waals surface area contributed by atoms with E-state index >= 15 is 0 Å². The molecule has 0 atom stereocenters. The van der Waals surface area contributed by atoms with Crippen LogP contribution in [0.2, 0.25) is 0 Å². The van der Waals surface area contributed by atoms with Gasteiger partial charge in [0.2, 0.25) is 0 Å². The molecule has 0 aliphatic carbocycles. The molecule has 3 aromatic rings. The average Bonchev–Trinajstić information content (AvgIpc) is 3.22. The number of hydrogen-bond donors (Lipinski definition) is 1. The second kappa shape index (κ2) is 8.77. The number of aromatic nitrogens is 2. The van der Waals surface area contributed by atoms with E-state index < -0.39 is 11.6 Å². The van der Waals surface area contributed by atoms with Crippen LogP contribution in [-0.2, 0) is 24.2 Å². The summed E-state index contributed by atoms with van der Waals surface area (Å²) < 4.78 is 27.4. The second-order valence-corrected chi connectivity index (χ2v) is 8.15. The van der Waals surface area contributed by atoms with Crippen LogP contribution in [0.3, 0.4) is 0 Å². The molecule has 0 saturated heterocycles. The Morgan fingerprint density at radius 1 is 1.19 bits per heavy atom. The Balaban J connectivity index is 1.72. The molecule has 2 heterocycles. The molecule has 0 unspecified atom stereocenters. The van der Waals surface area contributed by atoms with Crippen LogP contribution < -0.4 is 5.32 Å². The van der Waals surface area contributed by atoms with Crippen molar-refractivity contribution in [3.05, 3.63) is 56.5 Å². The van der Waals surface area contributed by atoms with Crippen molar-refractivity contribution in [1.82, 2.24) is 15.3 Å². The molecule has 27 heavy (non-hydrogen) atoms. The third-order valence-corrected chi connectivity index (χ3v) is 5.80. The van der Waals surface area contributed by atoms with E-state index in [1.807, 2.05) is 19.2 Å². The van der Waals surface area contributed by atoms with E-state index in [0.29, 0.717) is 11.6 Å². The van der Waals surface area contributed by atoms with Crippen molar-refractivity contribution in [3.8, 4) is 10.6 Å². The Labute approximate surface area is 164 Å². The van der Waals surface area contributed by atoms with Crippen molar-refractivity contribution in [2.75, 3.05) is 6.54 Å². The Bertz CT molecular complexity index is 932. The maximum absolute atomic E-state index is 13.7. The van der Waals surface area contributed by atoms with E-state index in [9.17, 15) is 13.6 Å². The van der Waals surface area contributed by atoms with Gasteiger partial charge in [-0.1, -0.05) is 13.0 Å². The fraction of sp³-hybridized carbons (Fsp3) is 0.316. The van der Waals surface area contributed by atoms with Crippen LogP contribution in [0.4, 0.5) is 8.78 Å². The van der Waals surface area contributed by atoms with Crippen molar-refractivity contribution >= 4 is 28.5 Å². The summed E-state index contributed by atoms with van der Waals surface area (Å²) in [6.07, 6.45) is -0.225. The smallest absolute Gasteiger partial charge is 0.144 e. The number of hydrogen-bond acceptors (Lipinski definition) is 6. The molecule has 0 saturated carbocycles. The summed E-state index contributed by atoms with van der Waals surface area (Å²) in [6, 6.07) is 3.60. The number of nitrogens with one attached hydrogen (secondary N) is 1. The number of benzene rings is 1. The lowest BCUT2D eigenvalue weighted by Crippen LogP contribution is -2.12. The van der Waals surface area contributed by atoms with Crippen molar-refractivity contribution in [3.63, 3.8) is 0 Å². The van der Waals surface area contributed by atoms with Crippen LogP contribution in [0.1, 0.15) is 28.2 Å². The Kier molecular flexibility index (Phi) is 6.41. The lowest BCUT2D eigenvalue weighted by Gasteiger charge is -2.03. The highest BCUT2D eigenvalue weighted by atomic mass is 32.1. The van der Waals surface area contributed by atoms with Crippen molar-refractivity contribution in [2.45, 2.75) is 33.2 Å². The molecule has 0 bridgehead atoms. The van der Waals surface area contributed by atoms with Crippen LogP contribution in [0.5, 0.6) is 0 Å². The molecule has 2 aromatic heterocycles. The summed E-state index contributed by atoms with van der Waals surface area (Å²) in [5.74, 6) is -1.67. The van der Waals surface area contributed by atoms with E-state index in [2.05, 4.69) is 15.3 Å². The van der Waals surface area contributed by atoms with E-state index in [1.165, 1.54) is 17.4 Å². The Morgan fingerprint density at radius 3 is 2.63 bits per heavy atom. The molecule has 8 heteroatoms. The Hall–Kier alpha value is -2.03. The van der Waals surface area contributed by atoms with Gasteiger partial charge in [-0.3, -0.25) is 4.79 Å². The van der Waals surface area contributed by atoms with Gasteiger partial charge in [0.05, 0.1) is 27.7 Å². The molecule has 0 aliphatic rings. The quantitative estimate of drug-likeness (QED) is 0.604. The summed E-state index contributed by atoms with van der Waals surface area (Å²) in [4.78, 5) is 22.3. The lowest BCUT2D eigenvalue weighted by atomic mass is 10.1. The maximum Gasteiger partial charge on any atom is 0.144 e. The number of aryl methyl sites for hydroxylation is 1. The molecule has 142 valence electrons. The van der Waals surface area contributed by atoms with Gasteiger partial charge in [-0.15, -0.1) is 22.7 Å². The van der Waals surface area contributed by atoms with Gasteiger partial charge in [-0.2, -0.15) is 0 Å². The maximum atomic E-state index is 13.7. The largest absolute Gasteiger partial charge is 0.311 e. The normalized spacial score (nSPS) is 11.1. The van der Waals surface area contributed by atoms with E-state index in [0.717, 1.165) is 40.0 Å². The topological polar surface area (TPSA) is 54.9 Å². The van der Waals surface area contributed by atoms with E-state index in [4.69, 9.17) is 0 Å². The fourth-order valence-electron chi connectivity index (χ4n) is 2.66. The summed E-state index contributed by atoms with van der Waals surface area (Å²) >= 11 is 2.94. The Morgan fingerprint density at radius 2 is 1.93 bits per heavy atom. The standard InChI is InChI=1S/C19H19F2N3OS2/c1-3-22-9-16-19(27-11(2)23-16)17-10-26-18(24-17)8-12(25)7-13-14(20)5-4-6-15(13)21/h4-6,10,22H,3,7-9H2,1-2H3. The average molecular weight is 408 g/mol. The second-order valence-electron chi connectivity index (χ2n) is 6.01. The third-order valence-electron chi connectivity index (χ3n) is 3.92. The SMILES string of the molecule is CCNCc1nc(C)sc1-c1csc(CC(=O)Cc2c(F)cccc2F)n1. The molecule has 1 aromatic carbocycles. The summed E-state index contributed by atoms with van der Waals surface area (Å²) in [7, 11) is 0.